The number of nitro benzene ring substituents is 1. The van der Waals surface area contributed by atoms with Crippen molar-refractivity contribution < 1.29 is 19.3 Å². The van der Waals surface area contributed by atoms with Crippen LogP contribution in [-0.2, 0) is 4.79 Å². The molecule has 1 aromatic heterocycles. The molecule has 11 heteroatoms. The van der Waals surface area contributed by atoms with Crippen LogP contribution in [0.5, 0.6) is 0 Å². The van der Waals surface area contributed by atoms with Crippen LogP contribution in [0, 0.1) is 17.0 Å². The summed E-state index contributed by atoms with van der Waals surface area (Å²) in [6, 6.07) is 13.1. The molecule has 2 heterocycles. The Morgan fingerprint density at radius 1 is 1.24 bits per heavy atom. The van der Waals surface area contributed by atoms with Crippen molar-refractivity contribution in [3.05, 3.63) is 85.4 Å². The number of rotatable bonds is 6. The first-order chi connectivity index (χ1) is 16.2. The van der Waals surface area contributed by atoms with Gasteiger partial charge in [0.15, 0.2) is 0 Å². The summed E-state index contributed by atoms with van der Waals surface area (Å²) in [6.45, 7) is 1.84. The molecule has 1 fully saturated rings. The van der Waals surface area contributed by atoms with Gasteiger partial charge in [-0.1, -0.05) is 35.9 Å². The lowest BCUT2D eigenvalue weighted by molar-refractivity contribution is -0.384. The molecule has 2 aromatic carbocycles. The van der Waals surface area contributed by atoms with Gasteiger partial charge >= 0.3 is 0 Å². The Morgan fingerprint density at radius 3 is 2.76 bits per heavy atom. The minimum Gasteiger partial charge on any atom is -0.350 e. The lowest BCUT2D eigenvalue weighted by Crippen LogP contribution is -2.37. The van der Waals surface area contributed by atoms with Crippen LogP contribution < -0.4 is 5.32 Å². The normalized spacial score (nSPS) is 14.8. The summed E-state index contributed by atoms with van der Waals surface area (Å²) in [4.78, 5) is 53.8. The molecule has 0 spiro atoms. The van der Waals surface area contributed by atoms with Gasteiger partial charge in [-0.05, 0) is 48.5 Å². The Balaban J connectivity index is 1.44. The van der Waals surface area contributed by atoms with Crippen molar-refractivity contribution in [2.45, 2.75) is 6.92 Å². The number of aryl methyl sites for hydroxylation is 1. The predicted octanol–water partition coefficient (Wildman–Crippen LogP) is 4.57. The van der Waals surface area contributed by atoms with Gasteiger partial charge in [0.2, 0.25) is 0 Å². The number of para-hydroxylation sites is 1. The van der Waals surface area contributed by atoms with Gasteiger partial charge in [-0.15, -0.1) is 0 Å². The van der Waals surface area contributed by atoms with Crippen LogP contribution in [0.3, 0.4) is 0 Å². The molecule has 9 nitrogen and oxygen atoms in total. The Hall–Kier alpha value is -3.76. The molecule has 0 atom stereocenters. The van der Waals surface area contributed by atoms with Crippen LogP contribution in [0.25, 0.3) is 17.0 Å². The molecular weight excluding hydrogens is 480 g/mol. The van der Waals surface area contributed by atoms with E-state index in [0.717, 1.165) is 16.7 Å². The number of hydrogen-bond donors (Lipinski definition) is 1. The molecule has 4 rings (SSSR count). The monoisotopic (exact) mass is 496 g/mol. The number of pyridine rings is 1. The minimum atomic E-state index is -0.623. The van der Waals surface area contributed by atoms with Crippen molar-refractivity contribution in [3.63, 3.8) is 0 Å². The van der Waals surface area contributed by atoms with Gasteiger partial charge in [-0.2, -0.15) is 0 Å². The molecule has 3 aromatic rings. The van der Waals surface area contributed by atoms with E-state index < -0.39 is 16.1 Å². The molecule has 0 bridgehead atoms. The van der Waals surface area contributed by atoms with Crippen molar-refractivity contribution in [2.24, 2.45) is 0 Å². The lowest BCUT2D eigenvalue weighted by atomic mass is 10.1. The van der Waals surface area contributed by atoms with Crippen molar-refractivity contribution >= 4 is 63.1 Å². The number of nitrogens with zero attached hydrogens (tertiary/aromatic N) is 3. The zero-order valence-electron chi connectivity index (χ0n) is 17.8. The van der Waals surface area contributed by atoms with Crippen LogP contribution in [0.15, 0.2) is 53.4 Å². The molecule has 0 aliphatic carbocycles. The van der Waals surface area contributed by atoms with Gasteiger partial charge in [-0.3, -0.25) is 34.4 Å². The number of benzene rings is 2. The summed E-state index contributed by atoms with van der Waals surface area (Å²) in [5, 5.41) is 14.0. The SMILES string of the molecule is Cc1cc(C(=O)NCCN2C(=O)S/C(=C\c3ccc(Cl)c([N+](=O)[O-])c3)C2=O)c2ccccc2n1. The van der Waals surface area contributed by atoms with Crippen molar-refractivity contribution in [1.82, 2.24) is 15.2 Å². The van der Waals surface area contributed by atoms with Crippen LogP contribution in [0.4, 0.5) is 10.5 Å². The first-order valence-corrected chi connectivity index (χ1v) is 11.3. The zero-order chi connectivity index (χ0) is 24.4. The van der Waals surface area contributed by atoms with E-state index in [1.165, 1.54) is 24.3 Å². The molecule has 0 unspecified atom stereocenters. The Kier molecular flexibility index (Phi) is 6.62. The molecule has 1 N–H and O–H groups in total. The van der Waals surface area contributed by atoms with Crippen LogP contribution in [0.1, 0.15) is 21.6 Å². The maximum Gasteiger partial charge on any atom is 0.293 e. The largest absolute Gasteiger partial charge is 0.350 e. The molecule has 1 aliphatic rings. The summed E-state index contributed by atoms with van der Waals surface area (Å²) in [5.41, 5.74) is 1.93. The molecule has 1 aliphatic heterocycles. The third kappa shape index (κ3) is 4.78. The fraction of sp³-hybridized carbons (Fsp3) is 0.130. The molecule has 0 radical (unpaired) electrons. The summed E-state index contributed by atoms with van der Waals surface area (Å²) in [6.07, 6.45) is 1.40. The van der Waals surface area contributed by atoms with Crippen molar-refractivity contribution in [2.75, 3.05) is 13.1 Å². The maximum atomic E-state index is 12.8. The van der Waals surface area contributed by atoms with E-state index in [2.05, 4.69) is 10.3 Å². The number of carbonyl (C=O) groups excluding carboxylic acids is 3. The highest BCUT2D eigenvalue weighted by atomic mass is 35.5. The molecule has 0 saturated carbocycles. The number of amides is 3. The van der Waals surface area contributed by atoms with Gasteiger partial charge in [0.05, 0.1) is 20.9 Å². The number of hydrogen-bond acceptors (Lipinski definition) is 7. The average molecular weight is 497 g/mol. The van der Waals surface area contributed by atoms with E-state index in [0.29, 0.717) is 27.7 Å². The summed E-state index contributed by atoms with van der Waals surface area (Å²) in [5.74, 6) is -0.871. The summed E-state index contributed by atoms with van der Waals surface area (Å²) < 4.78 is 0. The predicted molar refractivity (Wildman–Crippen MR) is 130 cm³/mol. The van der Waals surface area contributed by atoms with Gasteiger partial charge < -0.3 is 5.32 Å². The lowest BCUT2D eigenvalue weighted by Gasteiger charge is -2.14. The van der Waals surface area contributed by atoms with E-state index in [4.69, 9.17) is 11.6 Å². The fourth-order valence-electron chi connectivity index (χ4n) is 3.48. The first-order valence-electron chi connectivity index (χ1n) is 10.1. The van der Waals surface area contributed by atoms with E-state index in [1.54, 1.807) is 19.1 Å². The topological polar surface area (TPSA) is 123 Å². The highest BCUT2D eigenvalue weighted by Gasteiger charge is 2.34. The quantitative estimate of drug-likeness (QED) is 0.301. The van der Waals surface area contributed by atoms with E-state index in [1.807, 2.05) is 18.2 Å². The Bertz CT molecular complexity index is 1390. The number of carbonyl (C=O) groups is 3. The zero-order valence-corrected chi connectivity index (χ0v) is 19.4. The van der Waals surface area contributed by atoms with Crippen LogP contribution >= 0.6 is 23.4 Å². The van der Waals surface area contributed by atoms with Crippen LogP contribution in [0.2, 0.25) is 5.02 Å². The second-order valence-electron chi connectivity index (χ2n) is 7.39. The second kappa shape index (κ2) is 9.62. The Labute approximate surface area is 202 Å². The highest BCUT2D eigenvalue weighted by molar-refractivity contribution is 8.18. The third-order valence-corrected chi connectivity index (χ3v) is 6.28. The second-order valence-corrected chi connectivity index (χ2v) is 8.79. The third-order valence-electron chi connectivity index (χ3n) is 5.05. The smallest absolute Gasteiger partial charge is 0.293 e. The maximum absolute atomic E-state index is 12.8. The van der Waals surface area contributed by atoms with Crippen molar-refractivity contribution in [3.8, 4) is 0 Å². The number of imide groups is 1. The van der Waals surface area contributed by atoms with Gasteiger partial charge in [-0.25, -0.2) is 0 Å². The number of aromatic nitrogens is 1. The molecule has 172 valence electrons. The number of nitrogens with one attached hydrogen (secondary N) is 1. The molecule has 1 saturated heterocycles. The minimum absolute atomic E-state index is 0.0174. The number of fused-ring (bicyclic) bond motifs is 1. The summed E-state index contributed by atoms with van der Waals surface area (Å²) >= 11 is 6.54. The molecule has 3 amide bonds. The average Bonchev–Trinajstić information content (AvgIpc) is 3.06. The van der Waals surface area contributed by atoms with Gasteiger partial charge in [0.25, 0.3) is 22.7 Å². The standard InChI is InChI=1S/C23H17ClN4O5S/c1-13-10-16(15-4-2-3-5-18(15)26-13)21(29)25-8-9-27-22(30)20(34-23(27)31)12-14-6-7-17(24)19(11-14)28(32)33/h2-7,10-12H,8-9H2,1H3,(H,25,29)/b20-12-. The molecule has 34 heavy (non-hydrogen) atoms. The van der Waals surface area contributed by atoms with Gasteiger partial charge in [0.1, 0.15) is 5.02 Å². The Morgan fingerprint density at radius 2 is 2.00 bits per heavy atom. The van der Waals surface area contributed by atoms with E-state index >= 15 is 0 Å². The highest BCUT2D eigenvalue weighted by Crippen LogP contribution is 2.33. The molecular formula is C23H17ClN4O5S. The first kappa shape index (κ1) is 23.4. The number of halogens is 1. The van der Waals surface area contributed by atoms with E-state index in [9.17, 15) is 24.5 Å². The number of thioether (sulfide) groups is 1. The summed E-state index contributed by atoms with van der Waals surface area (Å²) in [7, 11) is 0. The fourth-order valence-corrected chi connectivity index (χ4v) is 4.53. The van der Waals surface area contributed by atoms with Crippen LogP contribution in [-0.4, -0.2) is 45.0 Å². The number of nitro groups is 1. The van der Waals surface area contributed by atoms with Crippen molar-refractivity contribution in [1.29, 1.82) is 0 Å². The van der Waals surface area contributed by atoms with E-state index in [-0.39, 0.29) is 34.6 Å². The van der Waals surface area contributed by atoms with Gasteiger partial charge in [0, 0.05) is 30.2 Å².